The van der Waals surface area contributed by atoms with Crippen LogP contribution in [0.2, 0.25) is 0 Å². The molecule has 1 saturated heterocycles. The number of amides is 1. The van der Waals surface area contributed by atoms with Crippen molar-refractivity contribution >= 4 is 42.6 Å². The van der Waals surface area contributed by atoms with Crippen LogP contribution in [0.15, 0.2) is 51.4 Å². The number of hydrogen-bond acceptors (Lipinski definition) is 4. The monoisotopic (exact) mass is 479 g/mol. The first-order valence-electron chi connectivity index (χ1n) is 9.18. The van der Waals surface area contributed by atoms with Gasteiger partial charge in [0.25, 0.3) is 5.91 Å². The van der Waals surface area contributed by atoms with Crippen LogP contribution < -0.4 is 0 Å². The summed E-state index contributed by atoms with van der Waals surface area (Å²) in [7, 11) is -3.22. The molecule has 0 spiro atoms. The van der Waals surface area contributed by atoms with E-state index in [4.69, 9.17) is 4.42 Å². The van der Waals surface area contributed by atoms with Crippen LogP contribution >= 0.6 is 15.9 Å². The molecular formula is C21H19BrFNO4S. The van der Waals surface area contributed by atoms with Crippen LogP contribution in [0.5, 0.6) is 0 Å². The maximum atomic E-state index is 14.3. The lowest BCUT2D eigenvalue weighted by molar-refractivity contribution is 0.0647. The number of sulfone groups is 1. The lowest BCUT2D eigenvalue weighted by Gasteiger charge is -2.28. The van der Waals surface area contributed by atoms with Crippen molar-refractivity contribution in [2.75, 3.05) is 11.5 Å². The molecule has 5 nitrogen and oxygen atoms in total. The van der Waals surface area contributed by atoms with E-state index in [2.05, 4.69) is 15.9 Å². The number of rotatable bonds is 4. The van der Waals surface area contributed by atoms with Crippen molar-refractivity contribution in [3.8, 4) is 0 Å². The summed E-state index contributed by atoms with van der Waals surface area (Å²) in [6.45, 7) is 1.77. The SMILES string of the molecule is Cc1c(C(=O)N(Cc2ccccc2F)[C@@H]2CCS(=O)(=O)C2)oc2cc(Br)ccc12. The molecule has 1 aliphatic rings. The van der Waals surface area contributed by atoms with E-state index in [9.17, 15) is 17.6 Å². The molecule has 1 atom stereocenters. The molecule has 29 heavy (non-hydrogen) atoms. The minimum Gasteiger partial charge on any atom is -0.451 e. The van der Waals surface area contributed by atoms with Crippen molar-refractivity contribution in [3.63, 3.8) is 0 Å². The molecule has 1 aliphatic heterocycles. The second-order valence-corrected chi connectivity index (χ2v) is 10.4. The summed E-state index contributed by atoms with van der Waals surface area (Å²) in [4.78, 5) is 14.9. The average molecular weight is 480 g/mol. The van der Waals surface area contributed by atoms with Crippen molar-refractivity contribution in [1.82, 2.24) is 4.90 Å². The number of nitrogens with zero attached hydrogens (tertiary/aromatic N) is 1. The first-order valence-corrected chi connectivity index (χ1v) is 11.8. The van der Waals surface area contributed by atoms with E-state index in [-0.39, 0.29) is 23.8 Å². The molecule has 4 rings (SSSR count). The zero-order valence-corrected chi connectivity index (χ0v) is 18.1. The van der Waals surface area contributed by atoms with Crippen molar-refractivity contribution in [1.29, 1.82) is 0 Å². The summed E-state index contributed by atoms with van der Waals surface area (Å²) >= 11 is 3.39. The van der Waals surface area contributed by atoms with Crippen LogP contribution in [-0.4, -0.2) is 36.8 Å². The summed E-state index contributed by atoms with van der Waals surface area (Å²) < 4.78 is 45.0. The number of fused-ring (bicyclic) bond motifs is 1. The van der Waals surface area contributed by atoms with E-state index in [1.165, 1.54) is 11.0 Å². The second-order valence-electron chi connectivity index (χ2n) is 7.28. The Labute approximate surface area is 176 Å². The van der Waals surface area contributed by atoms with Gasteiger partial charge in [-0.1, -0.05) is 34.1 Å². The standard InChI is InChI=1S/C21H19BrFNO4S/c1-13-17-7-6-15(22)10-19(17)28-20(13)21(25)24(16-8-9-29(26,27)12-16)11-14-4-2-3-5-18(14)23/h2-7,10,16H,8-9,11-12H2,1H3/t16-/m1/s1. The van der Waals surface area contributed by atoms with Gasteiger partial charge in [0, 0.05) is 33.6 Å². The van der Waals surface area contributed by atoms with E-state index in [1.807, 2.05) is 12.1 Å². The van der Waals surface area contributed by atoms with Crippen molar-refractivity contribution in [2.24, 2.45) is 0 Å². The van der Waals surface area contributed by atoms with E-state index < -0.39 is 27.6 Å². The second kappa shape index (κ2) is 7.57. The first-order chi connectivity index (χ1) is 13.7. The van der Waals surface area contributed by atoms with Crippen LogP contribution in [-0.2, 0) is 16.4 Å². The Morgan fingerprint density at radius 1 is 1.28 bits per heavy atom. The van der Waals surface area contributed by atoms with Crippen LogP contribution in [0, 0.1) is 12.7 Å². The first kappa shape index (κ1) is 20.1. The molecule has 0 unspecified atom stereocenters. The van der Waals surface area contributed by atoms with E-state index >= 15 is 0 Å². The van der Waals surface area contributed by atoms with Crippen LogP contribution in [0.25, 0.3) is 11.0 Å². The molecule has 0 saturated carbocycles. The summed E-state index contributed by atoms with van der Waals surface area (Å²) in [5.41, 5.74) is 1.57. The van der Waals surface area contributed by atoms with Crippen molar-refractivity contribution < 1.29 is 22.0 Å². The quantitative estimate of drug-likeness (QED) is 0.553. The van der Waals surface area contributed by atoms with Gasteiger partial charge in [0.15, 0.2) is 15.6 Å². The van der Waals surface area contributed by atoms with Gasteiger partial charge in [-0.05, 0) is 37.6 Å². The van der Waals surface area contributed by atoms with Crippen LogP contribution in [0.3, 0.4) is 0 Å². The fourth-order valence-corrected chi connectivity index (χ4v) is 5.80. The molecule has 1 aromatic heterocycles. The average Bonchev–Trinajstić information content (AvgIpc) is 3.19. The Morgan fingerprint density at radius 3 is 2.72 bits per heavy atom. The zero-order chi connectivity index (χ0) is 20.8. The molecule has 0 bridgehead atoms. The Balaban J connectivity index is 1.75. The highest BCUT2D eigenvalue weighted by atomic mass is 79.9. The molecular weight excluding hydrogens is 461 g/mol. The number of furan rings is 1. The van der Waals surface area contributed by atoms with Gasteiger partial charge in [-0.25, -0.2) is 12.8 Å². The summed E-state index contributed by atoms with van der Waals surface area (Å²) in [5, 5.41) is 0.807. The maximum absolute atomic E-state index is 14.3. The number of aryl methyl sites for hydroxylation is 1. The fraction of sp³-hybridized carbons (Fsp3) is 0.286. The van der Waals surface area contributed by atoms with Gasteiger partial charge >= 0.3 is 0 Å². The van der Waals surface area contributed by atoms with Gasteiger partial charge < -0.3 is 9.32 Å². The molecule has 8 heteroatoms. The molecule has 2 aromatic carbocycles. The highest BCUT2D eigenvalue weighted by Crippen LogP contribution is 2.31. The molecule has 152 valence electrons. The predicted molar refractivity (Wildman–Crippen MR) is 112 cm³/mol. The molecule has 1 amide bonds. The van der Waals surface area contributed by atoms with E-state index in [0.717, 1.165) is 9.86 Å². The lowest BCUT2D eigenvalue weighted by atomic mass is 10.1. The van der Waals surface area contributed by atoms with Gasteiger partial charge in [-0.3, -0.25) is 4.79 Å². The number of carbonyl (C=O) groups is 1. The Kier molecular flexibility index (Phi) is 5.25. The normalized spacial score (nSPS) is 18.2. The van der Waals surface area contributed by atoms with Crippen LogP contribution in [0.1, 0.15) is 28.1 Å². The van der Waals surface area contributed by atoms with E-state index in [1.54, 1.807) is 31.2 Å². The number of benzene rings is 2. The summed E-state index contributed by atoms with van der Waals surface area (Å²) in [5.74, 6) is -0.821. The molecule has 2 heterocycles. The van der Waals surface area contributed by atoms with Gasteiger partial charge in [0.2, 0.25) is 0 Å². The molecule has 0 aliphatic carbocycles. The third-order valence-corrected chi connectivity index (χ3v) is 7.55. The third kappa shape index (κ3) is 3.96. The summed E-state index contributed by atoms with van der Waals surface area (Å²) in [6.07, 6.45) is 0.327. The maximum Gasteiger partial charge on any atom is 0.290 e. The smallest absolute Gasteiger partial charge is 0.290 e. The largest absolute Gasteiger partial charge is 0.451 e. The van der Waals surface area contributed by atoms with Gasteiger partial charge in [-0.2, -0.15) is 0 Å². The Morgan fingerprint density at radius 2 is 2.03 bits per heavy atom. The topological polar surface area (TPSA) is 67.6 Å². The molecule has 1 fully saturated rings. The van der Waals surface area contributed by atoms with Crippen molar-refractivity contribution in [3.05, 3.63) is 69.6 Å². The molecule has 3 aromatic rings. The molecule has 0 N–H and O–H groups in total. The van der Waals surface area contributed by atoms with Crippen molar-refractivity contribution in [2.45, 2.75) is 25.9 Å². The van der Waals surface area contributed by atoms with Gasteiger partial charge in [-0.15, -0.1) is 0 Å². The van der Waals surface area contributed by atoms with Gasteiger partial charge in [0.05, 0.1) is 11.5 Å². The highest BCUT2D eigenvalue weighted by Gasteiger charge is 2.37. The van der Waals surface area contributed by atoms with Crippen LogP contribution in [0.4, 0.5) is 4.39 Å². The fourth-order valence-electron chi connectivity index (χ4n) is 3.73. The third-order valence-electron chi connectivity index (χ3n) is 5.30. The minimum absolute atomic E-state index is 0.0186. The van der Waals surface area contributed by atoms with E-state index in [0.29, 0.717) is 23.1 Å². The lowest BCUT2D eigenvalue weighted by Crippen LogP contribution is -2.41. The number of halogens is 2. The minimum atomic E-state index is -3.22. The predicted octanol–water partition coefficient (Wildman–Crippen LogP) is 4.47. The zero-order valence-electron chi connectivity index (χ0n) is 15.7. The Bertz CT molecular complexity index is 1200. The highest BCUT2D eigenvalue weighted by molar-refractivity contribution is 9.10. The summed E-state index contributed by atoms with van der Waals surface area (Å²) in [6, 6.07) is 11.2. The number of carbonyl (C=O) groups excluding carboxylic acids is 1. The van der Waals surface area contributed by atoms with Gasteiger partial charge in [0.1, 0.15) is 11.4 Å². The number of hydrogen-bond donors (Lipinski definition) is 0. The molecule has 0 radical (unpaired) electrons. The Hall–Kier alpha value is -2.19.